The van der Waals surface area contributed by atoms with Crippen LogP contribution < -0.4 is 0 Å². The Bertz CT molecular complexity index is 206. The van der Waals surface area contributed by atoms with Crippen LogP contribution in [0.3, 0.4) is 0 Å². The third kappa shape index (κ3) is 3.96. The van der Waals surface area contributed by atoms with E-state index in [1.807, 2.05) is 13.8 Å². The molecule has 0 aromatic heterocycles. The van der Waals surface area contributed by atoms with Crippen LogP contribution in [0.5, 0.6) is 0 Å². The average Bonchev–Trinajstić information content (AvgIpc) is 2.51. The van der Waals surface area contributed by atoms with Crippen LogP contribution in [-0.4, -0.2) is 25.3 Å². The molecule has 0 bridgehead atoms. The van der Waals surface area contributed by atoms with Gasteiger partial charge in [0.05, 0.1) is 6.61 Å². The minimum atomic E-state index is 0. The van der Waals surface area contributed by atoms with E-state index in [1.165, 1.54) is 0 Å². The summed E-state index contributed by atoms with van der Waals surface area (Å²) in [6, 6.07) is 0.435. The van der Waals surface area contributed by atoms with Crippen molar-refractivity contribution in [2.45, 2.75) is 46.3 Å². The molecule has 0 aliphatic carbocycles. The Balaban J connectivity index is 0.000000711. The van der Waals surface area contributed by atoms with Gasteiger partial charge >= 0.3 is 0 Å². The van der Waals surface area contributed by atoms with E-state index in [0.717, 1.165) is 19.6 Å². The second-order valence-electron chi connectivity index (χ2n) is 4.36. The fourth-order valence-electron chi connectivity index (χ4n) is 2.28. The van der Waals surface area contributed by atoms with Crippen LogP contribution in [-0.2, 0) is 25.2 Å². The second kappa shape index (κ2) is 8.42. The summed E-state index contributed by atoms with van der Waals surface area (Å²) >= 11 is 0. The Kier molecular flexibility index (Phi) is 8.59. The van der Waals surface area contributed by atoms with E-state index >= 15 is 0 Å². The quantitative estimate of drug-likeness (QED) is 0.623. The van der Waals surface area contributed by atoms with Gasteiger partial charge in [-0.15, -0.1) is 12.6 Å². The number of ether oxygens (including phenoxy) is 1. The van der Waals surface area contributed by atoms with Crippen LogP contribution in [0.25, 0.3) is 5.32 Å². The van der Waals surface area contributed by atoms with Gasteiger partial charge in [0.2, 0.25) is 0 Å². The molecule has 0 N–H and O–H groups in total. The first-order chi connectivity index (χ1) is 7.29. The summed E-state index contributed by atoms with van der Waals surface area (Å²) in [5, 5.41) is 4.66. The van der Waals surface area contributed by atoms with Crippen LogP contribution in [0.15, 0.2) is 12.2 Å². The molecule has 2 rings (SSSR count). The van der Waals surface area contributed by atoms with Gasteiger partial charge in [-0.3, -0.25) is 0 Å². The van der Waals surface area contributed by atoms with Crippen LogP contribution in [0.4, 0.5) is 0 Å². The molecule has 0 spiro atoms. The van der Waals surface area contributed by atoms with Gasteiger partial charge in [-0.1, -0.05) is 45.8 Å². The summed E-state index contributed by atoms with van der Waals surface area (Å²) in [7, 11) is 0. The van der Waals surface area contributed by atoms with E-state index in [0.29, 0.717) is 24.0 Å². The molecule has 3 atom stereocenters. The summed E-state index contributed by atoms with van der Waals surface area (Å²) in [4.78, 5) is 0. The molecule has 0 aromatic rings. The Morgan fingerprint density at radius 3 is 2.56 bits per heavy atom. The molecule has 1 radical (unpaired) electrons. The summed E-state index contributed by atoms with van der Waals surface area (Å²) in [5.74, 6) is 1.26. The SMILES string of the molecule is CC.CC(C)C1[N-]CC2CC=CCOC21.[Re]. The zero-order valence-electron chi connectivity index (χ0n) is 10.8. The number of hydrogen-bond donors (Lipinski definition) is 0. The number of allylic oxidation sites excluding steroid dienone is 1. The number of nitrogens with zero attached hydrogens (tertiary/aromatic N) is 1. The van der Waals surface area contributed by atoms with Crippen LogP contribution in [0, 0.1) is 11.8 Å². The van der Waals surface area contributed by atoms with Gasteiger partial charge < -0.3 is 10.1 Å². The van der Waals surface area contributed by atoms with Gasteiger partial charge in [0, 0.05) is 26.5 Å². The van der Waals surface area contributed by atoms with E-state index in [9.17, 15) is 0 Å². The van der Waals surface area contributed by atoms with Gasteiger partial charge in [-0.05, 0) is 12.3 Å². The maximum Gasteiger partial charge on any atom is 0.0650 e. The summed E-state index contributed by atoms with van der Waals surface area (Å²) < 4.78 is 5.82. The third-order valence-electron chi connectivity index (χ3n) is 3.03. The van der Waals surface area contributed by atoms with E-state index in [1.54, 1.807) is 0 Å². The molecule has 3 unspecified atom stereocenters. The van der Waals surface area contributed by atoms with Gasteiger partial charge in [-0.2, -0.15) is 0 Å². The maximum atomic E-state index is 5.82. The maximum absolute atomic E-state index is 5.82. The van der Waals surface area contributed by atoms with Crippen LogP contribution in [0.2, 0.25) is 0 Å². The van der Waals surface area contributed by atoms with Gasteiger partial charge in [0.25, 0.3) is 0 Å². The molecular formula is C13H24NORe-. The zero-order valence-corrected chi connectivity index (χ0v) is 13.5. The third-order valence-corrected chi connectivity index (χ3v) is 3.03. The Morgan fingerprint density at radius 1 is 1.25 bits per heavy atom. The first-order valence-corrected chi connectivity index (χ1v) is 6.22. The van der Waals surface area contributed by atoms with Crippen molar-refractivity contribution >= 4 is 0 Å². The smallest absolute Gasteiger partial charge is 0.0650 e. The monoisotopic (exact) mass is 397 g/mol. The van der Waals surface area contributed by atoms with E-state index in [-0.39, 0.29) is 20.4 Å². The summed E-state index contributed by atoms with van der Waals surface area (Å²) in [5.41, 5.74) is 0. The molecule has 95 valence electrons. The minimum Gasteiger partial charge on any atom is -0.657 e. The van der Waals surface area contributed by atoms with Gasteiger partial charge in [0.15, 0.2) is 0 Å². The Labute approximate surface area is 114 Å². The zero-order chi connectivity index (χ0) is 11.3. The first kappa shape index (κ1) is 16.3. The molecule has 1 saturated heterocycles. The molecule has 16 heavy (non-hydrogen) atoms. The Hall–Kier alpha value is 0.322. The molecule has 0 aromatic carbocycles. The van der Waals surface area contributed by atoms with Crippen molar-refractivity contribution in [1.82, 2.24) is 0 Å². The minimum absolute atomic E-state index is 0. The second-order valence-corrected chi connectivity index (χ2v) is 4.36. The van der Waals surface area contributed by atoms with Crippen molar-refractivity contribution < 1.29 is 25.2 Å². The predicted molar refractivity (Wildman–Crippen MR) is 65.2 cm³/mol. The average molecular weight is 397 g/mol. The molecule has 0 amide bonds. The first-order valence-electron chi connectivity index (χ1n) is 6.22. The van der Waals surface area contributed by atoms with Gasteiger partial charge in [0.1, 0.15) is 0 Å². The van der Waals surface area contributed by atoms with E-state index in [4.69, 9.17) is 4.74 Å². The number of rotatable bonds is 1. The van der Waals surface area contributed by atoms with Crippen molar-refractivity contribution in [3.05, 3.63) is 17.5 Å². The van der Waals surface area contributed by atoms with Crippen molar-refractivity contribution in [3.8, 4) is 0 Å². The van der Waals surface area contributed by atoms with Crippen LogP contribution >= 0.6 is 0 Å². The fourth-order valence-corrected chi connectivity index (χ4v) is 2.28. The van der Waals surface area contributed by atoms with Gasteiger partial charge in [-0.25, -0.2) is 0 Å². The predicted octanol–water partition coefficient (Wildman–Crippen LogP) is 3.38. The normalized spacial score (nSPS) is 32.2. The van der Waals surface area contributed by atoms with Crippen molar-refractivity contribution in [2.75, 3.05) is 13.2 Å². The largest absolute Gasteiger partial charge is 0.657 e. The topological polar surface area (TPSA) is 23.3 Å². The van der Waals surface area contributed by atoms with Crippen molar-refractivity contribution in [1.29, 1.82) is 0 Å². The van der Waals surface area contributed by atoms with Crippen LogP contribution in [0.1, 0.15) is 34.1 Å². The van der Waals surface area contributed by atoms with E-state index in [2.05, 4.69) is 31.3 Å². The molecule has 0 saturated carbocycles. The molecule has 2 nitrogen and oxygen atoms in total. The molecule has 1 fully saturated rings. The summed E-state index contributed by atoms with van der Waals surface area (Å²) in [6.07, 6.45) is 5.91. The standard InChI is InChI=1S/C11H18NO.C2H6.Re/c1-8(2)10-11-9(7-12-10)5-3-4-6-13-11;1-2;/h3-4,8-11H,5-7H2,1-2H3;1-2H3;/q-1;;. The molecule has 3 heteroatoms. The molecule has 2 aliphatic rings. The van der Waals surface area contributed by atoms with Crippen molar-refractivity contribution in [2.24, 2.45) is 11.8 Å². The van der Waals surface area contributed by atoms with Crippen molar-refractivity contribution in [3.63, 3.8) is 0 Å². The molecule has 2 aliphatic heterocycles. The number of hydrogen-bond acceptors (Lipinski definition) is 1. The molecular weight excluding hydrogens is 372 g/mol. The molecule has 2 heterocycles. The van der Waals surface area contributed by atoms with E-state index < -0.39 is 0 Å². The Morgan fingerprint density at radius 2 is 1.94 bits per heavy atom. The fraction of sp³-hybridized carbons (Fsp3) is 0.846. The summed E-state index contributed by atoms with van der Waals surface area (Å²) in [6.45, 7) is 10.2. The number of fused-ring (bicyclic) bond motifs is 1.